The molecule has 1 saturated heterocycles. The molecule has 2 aromatic rings. The molecule has 162 valence electrons. The molecule has 1 aromatic carbocycles. The standard InChI is InChI=1S/C22H25N5O4/c1-12-7-9-27(10-8-12)22-25-19-17(21(29)26-22)16(14(11-23)20(28)24-19)13-5-4-6-15(30-2)18(13)31-3/h4-6,12,14,16H,7-10H2,1-3H3,(H2,24,25,26,28,29). The Morgan fingerprint density at radius 1 is 1.19 bits per heavy atom. The first kappa shape index (κ1) is 20.7. The fourth-order valence-electron chi connectivity index (χ4n) is 4.36. The number of ether oxygens (including phenoxy) is 2. The molecule has 3 heterocycles. The number of H-pyrrole nitrogens is 1. The molecule has 1 aromatic heterocycles. The van der Waals surface area contributed by atoms with Crippen molar-refractivity contribution in [2.45, 2.75) is 25.7 Å². The maximum atomic E-state index is 13.2. The summed E-state index contributed by atoms with van der Waals surface area (Å²) in [5, 5.41) is 12.4. The lowest BCUT2D eigenvalue weighted by Gasteiger charge is -2.33. The van der Waals surface area contributed by atoms with Gasteiger partial charge in [0.25, 0.3) is 5.56 Å². The van der Waals surface area contributed by atoms with E-state index in [1.54, 1.807) is 18.2 Å². The molecule has 1 fully saturated rings. The van der Waals surface area contributed by atoms with Crippen LogP contribution >= 0.6 is 0 Å². The van der Waals surface area contributed by atoms with Gasteiger partial charge in [0.05, 0.1) is 25.9 Å². The van der Waals surface area contributed by atoms with Gasteiger partial charge >= 0.3 is 0 Å². The lowest BCUT2D eigenvalue weighted by Crippen LogP contribution is -2.40. The lowest BCUT2D eigenvalue weighted by molar-refractivity contribution is -0.119. The summed E-state index contributed by atoms with van der Waals surface area (Å²) in [6.45, 7) is 3.77. The number of aromatic amines is 1. The minimum atomic E-state index is -1.11. The molecule has 0 bridgehead atoms. The van der Waals surface area contributed by atoms with Crippen LogP contribution in [-0.2, 0) is 4.79 Å². The van der Waals surface area contributed by atoms with E-state index < -0.39 is 17.7 Å². The largest absolute Gasteiger partial charge is 0.493 e. The fourth-order valence-corrected chi connectivity index (χ4v) is 4.36. The Labute approximate surface area is 180 Å². The summed E-state index contributed by atoms with van der Waals surface area (Å²) in [6.07, 6.45) is 2.01. The molecule has 0 spiro atoms. The lowest BCUT2D eigenvalue weighted by atomic mass is 9.78. The molecule has 2 N–H and O–H groups in total. The topological polar surface area (TPSA) is 120 Å². The number of fused-ring (bicyclic) bond motifs is 1. The number of piperidine rings is 1. The van der Waals surface area contributed by atoms with Crippen molar-refractivity contribution >= 4 is 17.7 Å². The first-order valence-corrected chi connectivity index (χ1v) is 10.3. The predicted octanol–water partition coefficient (Wildman–Crippen LogP) is 2.25. The first-order valence-electron chi connectivity index (χ1n) is 10.3. The second kappa shape index (κ2) is 8.30. The second-order valence-corrected chi connectivity index (χ2v) is 7.98. The summed E-state index contributed by atoms with van der Waals surface area (Å²) < 4.78 is 10.9. The van der Waals surface area contributed by atoms with E-state index in [9.17, 15) is 14.9 Å². The number of anilines is 2. The van der Waals surface area contributed by atoms with Gasteiger partial charge in [0, 0.05) is 24.6 Å². The van der Waals surface area contributed by atoms with Gasteiger partial charge in [-0.15, -0.1) is 0 Å². The maximum absolute atomic E-state index is 13.2. The van der Waals surface area contributed by atoms with E-state index in [1.807, 2.05) is 11.0 Å². The van der Waals surface area contributed by atoms with Crippen molar-refractivity contribution in [1.29, 1.82) is 5.26 Å². The molecule has 2 atom stereocenters. The molecule has 2 aliphatic heterocycles. The Balaban J connectivity index is 1.86. The van der Waals surface area contributed by atoms with Crippen molar-refractivity contribution in [3.8, 4) is 17.6 Å². The smallest absolute Gasteiger partial charge is 0.258 e. The second-order valence-electron chi connectivity index (χ2n) is 7.98. The van der Waals surface area contributed by atoms with E-state index >= 15 is 0 Å². The highest BCUT2D eigenvalue weighted by Crippen LogP contribution is 2.44. The van der Waals surface area contributed by atoms with Gasteiger partial charge in [-0.05, 0) is 24.8 Å². The molecule has 2 unspecified atom stereocenters. The number of nitrogens with zero attached hydrogens (tertiary/aromatic N) is 3. The Morgan fingerprint density at radius 2 is 1.94 bits per heavy atom. The van der Waals surface area contributed by atoms with Crippen LogP contribution in [0.4, 0.5) is 11.8 Å². The molecule has 4 rings (SSSR count). The normalized spacial score (nSPS) is 21.1. The Morgan fingerprint density at radius 3 is 2.58 bits per heavy atom. The van der Waals surface area contributed by atoms with Crippen LogP contribution in [0.25, 0.3) is 0 Å². The van der Waals surface area contributed by atoms with Crippen LogP contribution in [0, 0.1) is 23.2 Å². The molecule has 0 aliphatic carbocycles. The average molecular weight is 423 g/mol. The fraction of sp³-hybridized carbons (Fsp3) is 0.455. The van der Waals surface area contributed by atoms with Gasteiger partial charge in [0.2, 0.25) is 11.9 Å². The summed E-state index contributed by atoms with van der Waals surface area (Å²) in [5.41, 5.74) is 0.386. The van der Waals surface area contributed by atoms with Crippen molar-refractivity contribution in [2.24, 2.45) is 11.8 Å². The third kappa shape index (κ3) is 3.58. The summed E-state index contributed by atoms with van der Waals surface area (Å²) in [7, 11) is 2.99. The number of hydrogen-bond donors (Lipinski definition) is 2. The van der Waals surface area contributed by atoms with Crippen LogP contribution in [0.5, 0.6) is 11.5 Å². The van der Waals surface area contributed by atoms with E-state index in [0.717, 1.165) is 25.9 Å². The molecule has 0 saturated carbocycles. The predicted molar refractivity (Wildman–Crippen MR) is 115 cm³/mol. The number of rotatable bonds is 4. The summed E-state index contributed by atoms with van der Waals surface area (Å²) in [6, 6.07) is 7.23. The molecule has 9 nitrogen and oxygen atoms in total. The highest BCUT2D eigenvalue weighted by molar-refractivity contribution is 5.98. The number of methoxy groups -OCH3 is 2. The first-order chi connectivity index (χ1) is 15.0. The highest BCUT2D eigenvalue weighted by atomic mass is 16.5. The number of aromatic nitrogens is 2. The molecular formula is C22H25N5O4. The number of carbonyl (C=O) groups excluding carboxylic acids is 1. The molecule has 9 heteroatoms. The monoisotopic (exact) mass is 423 g/mol. The summed E-state index contributed by atoms with van der Waals surface area (Å²) >= 11 is 0. The van der Waals surface area contributed by atoms with Crippen molar-refractivity contribution in [3.05, 3.63) is 39.7 Å². The van der Waals surface area contributed by atoms with Gasteiger partial charge in [-0.25, -0.2) is 0 Å². The molecule has 1 amide bonds. The van der Waals surface area contributed by atoms with E-state index in [0.29, 0.717) is 28.9 Å². The minimum Gasteiger partial charge on any atom is -0.493 e. The number of para-hydroxylation sites is 1. The van der Waals surface area contributed by atoms with Gasteiger partial charge in [-0.2, -0.15) is 10.2 Å². The third-order valence-corrected chi connectivity index (χ3v) is 6.10. The van der Waals surface area contributed by atoms with E-state index in [-0.39, 0.29) is 16.9 Å². The summed E-state index contributed by atoms with van der Waals surface area (Å²) in [4.78, 5) is 35.5. The number of carbonyl (C=O) groups is 1. The number of nitriles is 1. The van der Waals surface area contributed by atoms with Crippen LogP contribution in [0.3, 0.4) is 0 Å². The van der Waals surface area contributed by atoms with E-state index in [1.165, 1.54) is 14.2 Å². The number of hydrogen-bond acceptors (Lipinski definition) is 7. The molecular weight excluding hydrogens is 398 g/mol. The van der Waals surface area contributed by atoms with Crippen molar-refractivity contribution in [1.82, 2.24) is 9.97 Å². The van der Waals surface area contributed by atoms with E-state index in [4.69, 9.17) is 9.47 Å². The SMILES string of the molecule is COc1cccc(C2c3c(nc(N4CCC(C)CC4)[nH]c3=O)NC(=O)C2C#N)c1OC. The average Bonchev–Trinajstić information content (AvgIpc) is 2.77. The Bertz CT molecular complexity index is 1100. The van der Waals surface area contributed by atoms with Crippen LogP contribution < -0.4 is 25.2 Å². The minimum absolute atomic E-state index is 0.184. The zero-order valence-electron chi connectivity index (χ0n) is 17.8. The highest BCUT2D eigenvalue weighted by Gasteiger charge is 2.42. The molecule has 31 heavy (non-hydrogen) atoms. The summed E-state index contributed by atoms with van der Waals surface area (Å²) in [5.74, 6) is -0.380. The van der Waals surface area contributed by atoms with E-state index in [2.05, 4.69) is 22.2 Å². The molecule has 2 aliphatic rings. The van der Waals surface area contributed by atoms with Crippen LogP contribution in [0.2, 0.25) is 0 Å². The van der Waals surface area contributed by atoms with Gasteiger partial charge in [-0.1, -0.05) is 19.1 Å². The van der Waals surface area contributed by atoms with Gasteiger partial charge in [0.1, 0.15) is 11.7 Å². The Kier molecular flexibility index (Phi) is 5.55. The zero-order valence-corrected chi connectivity index (χ0v) is 17.8. The number of nitrogens with one attached hydrogen (secondary N) is 2. The number of amides is 1. The Hall–Kier alpha value is -3.54. The van der Waals surface area contributed by atoms with Crippen molar-refractivity contribution in [2.75, 3.05) is 37.5 Å². The quantitative estimate of drug-likeness (QED) is 0.774. The molecule has 0 radical (unpaired) electrons. The number of benzene rings is 1. The van der Waals surface area contributed by atoms with Crippen LogP contribution in [0.15, 0.2) is 23.0 Å². The van der Waals surface area contributed by atoms with Gasteiger partial charge in [-0.3, -0.25) is 14.6 Å². The third-order valence-electron chi connectivity index (χ3n) is 6.10. The van der Waals surface area contributed by atoms with Crippen LogP contribution in [-0.4, -0.2) is 43.2 Å². The zero-order chi connectivity index (χ0) is 22.1. The van der Waals surface area contributed by atoms with Crippen LogP contribution in [0.1, 0.15) is 36.8 Å². The van der Waals surface area contributed by atoms with Gasteiger partial charge < -0.3 is 19.7 Å². The van der Waals surface area contributed by atoms with Crippen molar-refractivity contribution < 1.29 is 14.3 Å². The maximum Gasteiger partial charge on any atom is 0.258 e. The van der Waals surface area contributed by atoms with Crippen molar-refractivity contribution in [3.63, 3.8) is 0 Å². The van der Waals surface area contributed by atoms with Gasteiger partial charge in [0.15, 0.2) is 11.5 Å².